The van der Waals surface area contributed by atoms with Crippen molar-refractivity contribution < 1.29 is 9.53 Å². The van der Waals surface area contributed by atoms with E-state index in [1.54, 1.807) is 24.5 Å². The number of nitrogens with one attached hydrogen (secondary N) is 1. The van der Waals surface area contributed by atoms with Crippen LogP contribution in [0.2, 0.25) is 0 Å². The van der Waals surface area contributed by atoms with Crippen molar-refractivity contribution in [3.8, 4) is 11.5 Å². The molecule has 0 spiro atoms. The van der Waals surface area contributed by atoms with Gasteiger partial charge in [-0.15, -0.1) is 11.6 Å². The van der Waals surface area contributed by atoms with Gasteiger partial charge in [0.15, 0.2) is 0 Å². The molecule has 3 aromatic rings. The number of hydrogen-bond acceptors (Lipinski definition) is 3. The third kappa shape index (κ3) is 5.36. The van der Waals surface area contributed by atoms with Crippen molar-refractivity contribution >= 4 is 17.5 Å². The normalized spacial score (nSPS) is 14.2. The minimum Gasteiger partial charge on any atom is -0.457 e. The van der Waals surface area contributed by atoms with Gasteiger partial charge in [-0.1, -0.05) is 30.3 Å². The Labute approximate surface area is 175 Å². The van der Waals surface area contributed by atoms with E-state index in [0.717, 1.165) is 17.1 Å². The third-order valence-corrected chi connectivity index (χ3v) is 5.28. The Hall–Kier alpha value is -2.85. The molecule has 5 heteroatoms. The number of pyridine rings is 1. The van der Waals surface area contributed by atoms with Crippen molar-refractivity contribution in [1.82, 2.24) is 10.3 Å². The highest BCUT2D eigenvalue weighted by atomic mass is 35.5. The molecule has 0 bridgehead atoms. The minimum atomic E-state index is -0.247. The van der Waals surface area contributed by atoms with Crippen LogP contribution in [0.15, 0.2) is 73.1 Å². The highest BCUT2D eigenvalue weighted by Gasteiger charge is 2.23. The van der Waals surface area contributed by atoms with E-state index in [4.69, 9.17) is 16.3 Å². The van der Waals surface area contributed by atoms with Crippen molar-refractivity contribution in [2.75, 3.05) is 6.54 Å². The fraction of sp³-hybridized carbons (Fsp3) is 0.250. The van der Waals surface area contributed by atoms with Gasteiger partial charge in [0.1, 0.15) is 11.5 Å². The lowest BCUT2D eigenvalue weighted by molar-refractivity contribution is 0.0953. The van der Waals surface area contributed by atoms with Crippen LogP contribution in [0.25, 0.3) is 0 Å². The van der Waals surface area contributed by atoms with Gasteiger partial charge >= 0.3 is 0 Å². The summed E-state index contributed by atoms with van der Waals surface area (Å²) in [6, 6.07) is 19.6. The van der Waals surface area contributed by atoms with Gasteiger partial charge in [0, 0.05) is 24.5 Å². The molecule has 1 aliphatic carbocycles. The molecule has 148 valence electrons. The largest absolute Gasteiger partial charge is 0.457 e. The second kappa shape index (κ2) is 9.10. The van der Waals surface area contributed by atoms with Crippen molar-refractivity contribution in [1.29, 1.82) is 0 Å². The number of carbonyl (C=O) groups is 1. The first kappa shape index (κ1) is 19.5. The Balaban J connectivity index is 1.37. The predicted octanol–water partition coefficient (Wildman–Crippen LogP) is 5.33. The minimum absolute atomic E-state index is 0.153. The lowest BCUT2D eigenvalue weighted by Crippen LogP contribution is -2.30. The quantitative estimate of drug-likeness (QED) is 0.514. The number of amides is 1. The molecule has 0 saturated heterocycles. The molecule has 4 rings (SSSR count). The van der Waals surface area contributed by atoms with E-state index in [1.807, 2.05) is 36.4 Å². The Bertz CT molecular complexity index is 973. The number of nitrogens with zero attached hydrogens (tertiary/aromatic N) is 1. The molecule has 1 saturated carbocycles. The van der Waals surface area contributed by atoms with Crippen LogP contribution in [-0.2, 0) is 6.42 Å². The SMILES string of the molecule is O=C(NCC(Cl)Cc1ccccc1Oc1cccc(C2CC2)c1)c1ccncc1. The molecule has 4 nitrogen and oxygen atoms in total. The highest BCUT2D eigenvalue weighted by Crippen LogP contribution is 2.41. The van der Waals surface area contributed by atoms with Crippen LogP contribution in [0.1, 0.15) is 40.2 Å². The van der Waals surface area contributed by atoms with Gasteiger partial charge in [-0.3, -0.25) is 9.78 Å². The van der Waals surface area contributed by atoms with Crippen LogP contribution >= 0.6 is 11.6 Å². The molecule has 0 aliphatic heterocycles. The van der Waals surface area contributed by atoms with Crippen LogP contribution < -0.4 is 10.1 Å². The molecule has 1 heterocycles. The fourth-order valence-corrected chi connectivity index (χ4v) is 3.51. The van der Waals surface area contributed by atoms with Gasteiger partial charge in [0.2, 0.25) is 0 Å². The van der Waals surface area contributed by atoms with Crippen LogP contribution in [0.3, 0.4) is 0 Å². The lowest BCUT2D eigenvalue weighted by Gasteiger charge is -2.15. The smallest absolute Gasteiger partial charge is 0.251 e. The summed E-state index contributed by atoms with van der Waals surface area (Å²) in [5.41, 5.74) is 2.93. The molecular formula is C24H23ClN2O2. The lowest BCUT2D eigenvalue weighted by atomic mass is 10.1. The van der Waals surface area contributed by atoms with Gasteiger partial charge in [0.25, 0.3) is 5.91 Å². The van der Waals surface area contributed by atoms with Crippen molar-refractivity contribution in [2.45, 2.75) is 30.6 Å². The van der Waals surface area contributed by atoms with Crippen molar-refractivity contribution in [2.24, 2.45) is 0 Å². The molecule has 0 radical (unpaired) electrons. The average molecular weight is 407 g/mol. The summed E-state index contributed by atoms with van der Waals surface area (Å²) in [4.78, 5) is 16.1. The molecule has 1 aromatic heterocycles. The summed E-state index contributed by atoms with van der Waals surface area (Å²) in [6.45, 7) is 0.369. The maximum Gasteiger partial charge on any atom is 0.251 e. The zero-order valence-electron chi connectivity index (χ0n) is 16.1. The maximum atomic E-state index is 12.2. The van der Waals surface area contributed by atoms with Gasteiger partial charge in [-0.05, 0) is 66.6 Å². The van der Waals surface area contributed by atoms with E-state index in [1.165, 1.54) is 18.4 Å². The summed E-state index contributed by atoms with van der Waals surface area (Å²) in [7, 11) is 0. The highest BCUT2D eigenvalue weighted by molar-refractivity contribution is 6.21. The average Bonchev–Trinajstić information content (AvgIpc) is 3.60. The Kier molecular flexibility index (Phi) is 6.11. The van der Waals surface area contributed by atoms with Crippen LogP contribution in [-0.4, -0.2) is 22.8 Å². The molecule has 1 fully saturated rings. The Morgan fingerprint density at radius 3 is 2.69 bits per heavy atom. The number of ether oxygens (including phenoxy) is 1. The van der Waals surface area contributed by atoms with Gasteiger partial charge < -0.3 is 10.1 Å². The zero-order valence-corrected chi connectivity index (χ0v) is 16.8. The van der Waals surface area contributed by atoms with Crippen molar-refractivity contribution in [3.05, 3.63) is 89.7 Å². The Morgan fingerprint density at radius 1 is 1.10 bits per heavy atom. The number of halogens is 1. The number of rotatable bonds is 8. The summed E-state index contributed by atoms with van der Waals surface area (Å²) in [6.07, 6.45) is 6.31. The van der Waals surface area contributed by atoms with E-state index in [0.29, 0.717) is 24.4 Å². The van der Waals surface area contributed by atoms with E-state index >= 15 is 0 Å². The standard InChI is InChI=1S/C24H23ClN2O2/c25-21(16-27-24(28)18-10-12-26-13-11-18)14-20-4-1-2-7-23(20)29-22-6-3-5-19(15-22)17-8-9-17/h1-7,10-13,15,17,21H,8-9,14,16H2,(H,27,28). The molecule has 1 amide bonds. The van der Waals surface area contributed by atoms with Crippen LogP contribution in [0.4, 0.5) is 0 Å². The summed E-state index contributed by atoms with van der Waals surface area (Å²) in [5.74, 6) is 2.18. The van der Waals surface area contributed by atoms with E-state index in [-0.39, 0.29) is 11.3 Å². The second-order valence-electron chi connectivity index (χ2n) is 7.30. The monoisotopic (exact) mass is 406 g/mol. The fourth-order valence-electron chi connectivity index (χ4n) is 3.27. The molecule has 1 N–H and O–H groups in total. The van der Waals surface area contributed by atoms with Gasteiger partial charge in [0.05, 0.1) is 5.38 Å². The summed E-state index contributed by atoms with van der Waals surface area (Å²) >= 11 is 6.51. The topological polar surface area (TPSA) is 51.2 Å². The van der Waals surface area contributed by atoms with E-state index in [9.17, 15) is 4.79 Å². The Morgan fingerprint density at radius 2 is 1.90 bits per heavy atom. The van der Waals surface area contributed by atoms with E-state index in [2.05, 4.69) is 22.4 Å². The van der Waals surface area contributed by atoms with Gasteiger partial charge in [-0.2, -0.15) is 0 Å². The molecule has 29 heavy (non-hydrogen) atoms. The van der Waals surface area contributed by atoms with E-state index < -0.39 is 0 Å². The summed E-state index contributed by atoms with van der Waals surface area (Å²) in [5, 5.41) is 2.63. The number of alkyl halides is 1. The summed E-state index contributed by atoms with van der Waals surface area (Å²) < 4.78 is 6.17. The number of aromatic nitrogens is 1. The van der Waals surface area contributed by atoms with Crippen LogP contribution in [0.5, 0.6) is 11.5 Å². The molecular weight excluding hydrogens is 384 g/mol. The first-order valence-corrected chi connectivity index (χ1v) is 10.3. The molecule has 1 unspecified atom stereocenters. The number of hydrogen-bond donors (Lipinski definition) is 1. The van der Waals surface area contributed by atoms with Gasteiger partial charge in [-0.25, -0.2) is 0 Å². The zero-order chi connectivity index (χ0) is 20.1. The first-order chi connectivity index (χ1) is 14.2. The number of para-hydroxylation sites is 1. The van der Waals surface area contributed by atoms with Crippen molar-refractivity contribution in [3.63, 3.8) is 0 Å². The maximum absolute atomic E-state index is 12.2. The molecule has 1 atom stereocenters. The predicted molar refractivity (Wildman–Crippen MR) is 115 cm³/mol. The number of benzene rings is 2. The molecule has 1 aliphatic rings. The number of carbonyl (C=O) groups excluding carboxylic acids is 1. The first-order valence-electron chi connectivity index (χ1n) is 9.87. The third-order valence-electron chi connectivity index (χ3n) is 4.98. The van der Waals surface area contributed by atoms with Crippen LogP contribution in [0, 0.1) is 0 Å². The molecule has 2 aromatic carbocycles. The second-order valence-corrected chi connectivity index (χ2v) is 7.92.